The Morgan fingerprint density at radius 3 is 2.75 bits per heavy atom. The van der Waals surface area contributed by atoms with Gasteiger partial charge in [0.1, 0.15) is 12.6 Å². The first-order valence-electron chi connectivity index (χ1n) is 9.01. The van der Waals surface area contributed by atoms with Crippen LogP contribution in [0.25, 0.3) is 0 Å². The third-order valence-electron chi connectivity index (χ3n) is 5.33. The molecule has 1 aromatic carbocycles. The molecule has 28 heavy (non-hydrogen) atoms. The first-order valence-corrected chi connectivity index (χ1v) is 9.01. The SMILES string of the molecule is Cn1c(COC(=O)c2ccc3c(c2)NC(=O)[C@H]2CCCN32)cc(=O)n(C)c1=O. The fourth-order valence-corrected chi connectivity index (χ4v) is 3.70. The van der Waals surface area contributed by atoms with E-state index in [1.54, 1.807) is 18.2 Å². The van der Waals surface area contributed by atoms with Crippen LogP contribution in [0.3, 0.4) is 0 Å². The number of carbonyl (C=O) groups is 2. The van der Waals surface area contributed by atoms with Crippen molar-refractivity contribution in [1.82, 2.24) is 9.13 Å². The van der Waals surface area contributed by atoms with Gasteiger partial charge in [-0.2, -0.15) is 0 Å². The predicted octanol–water partition coefficient (Wildman–Crippen LogP) is 0.362. The first kappa shape index (κ1) is 18.0. The molecule has 0 spiro atoms. The van der Waals surface area contributed by atoms with E-state index in [0.717, 1.165) is 29.6 Å². The standard InChI is InChI=1S/C19H20N4O5/c1-21-12(9-16(24)22(2)19(21)27)10-28-18(26)11-5-6-14-13(8-11)20-17(25)15-4-3-7-23(14)15/h5-6,8-9,15H,3-4,7,10H2,1-2H3,(H,20,25)/t15-/m1/s1. The molecule has 4 rings (SSSR count). The van der Waals surface area contributed by atoms with E-state index in [9.17, 15) is 19.2 Å². The lowest BCUT2D eigenvalue weighted by molar-refractivity contribution is -0.117. The summed E-state index contributed by atoms with van der Waals surface area (Å²) in [4.78, 5) is 50.4. The van der Waals surface area contributed by atoms with Gasteiger partial charge in [-0.1, -0.05) is 0 Å². The second-order valence-corrected chi connectivity index (χ2v) is 7.02. The monoisotopic (exact) mass is 384 g/mol. The summed E-state index contributed by atoms with van der Waals surface area (Å²) in [5.41, 5.74) is 1.10. The maximum Gasteiger partial charge on any atom is 0.338 e. The van der Waals surface area contributed by atoms with Gasteiger partial charge in [-0.3, -0.25) is 18.7 Å². The molecule has 2 aliphatic heterocycles. The molecule has 1 saturated heterocycles. The Labute approximate surface area is 160 Å². The Bertz CT molecular complexity index is 1100. The molecular formula is C19H20N4O5. The lowest BCUT2D eigenvalue weighted by Crippen LogP contribution is -2.43. The first-order chi connectivity index (χ1) is 13.4. The summed E-state index contributed by atoms with van der Waals surface area (Å²) >= 11 is 0. The highest BCUT2D eigenvalue weighted by Crippen LogP contribution is 2.37. The number of fused-ring (bicyclic) bond motifs is 3. The molecule has 3 heterocycles. The zero-order valence-corrected chi connectivity index (χ0v) is 15.6. The van der Waals surface area contributed by atoms with E-state index in [1.165, 1.54) is 24.7 Å². The van der Waals surface area contributed by atoms with E-state index in [2.05, 4.69) is 10.2 Å². The number of ether oxygens (including phenoxy) is 1. The molecule has 0 aliphatic carbocycles. The molecule has 0 saturated carbocycles. The van der Waals surface area contributed by atoms with E-state index in [0.29, 0.717) is 11.4 Å². The third kappa shape index (κ3) is 2.88. The summed E-state index contributed by atoms with van der Waals surface area (Å²) in [5.74, 6) is -0.667. The number of nitrogens with one attached hydrogen (secondary N) is 1. The van der Waals surface area contributed by atoms with Gasteiger partial charge in [-0.25, -0.2) is 9.59 Å². The number of hydrogen-bond donors (Lipinski definition) is 1. The molecule has 2 aromatic rings. The molecule has 1 amide bonds. The summed E-state index contributed by atoms with van der Waals surface area (Å²) in [6.45, 7) is 0.601. The van der Waals surface area contributed by atoms with Crippen molar-refractivity contribution < 1.29 is 14.3 Å². The quantitative estimate of drug-likeness (QED) is 0.767. The zero-order chi connectivity index (χ0) is 20.0. The topological polar surface area (TPSA) is 103 Å². The number of benzene rings is 1. The number of aromatic nitrogens is 2. The fraction of sp³-hybridized carbons (Fsp3) is 0.368. The van der Waals surface area contributed by atoms with Gasteiger partial charge in [-0.15, -0.1) is 0 Å². The van der Waals surface area contributed by atoms with Gasteiger partial charge in [0, 0.05) is 26.7 Å². The molecule has 0 unspecified atom stereocenters. The molecule has 1 aromatic heterocycles. The second kappa shape index (κ2) is 6.66. The Kier molecular flexibility index (Phi) is 4.29. The Hall–Kier alpha value is -3.36. The highest BCUT2D eigenvalue weighted by Gasteiger charge is 2.36. The van der Waals surface area contributed by atoms with Crippen LogP contribution < -0.4 is 21.5 Å². The third-order valence-corrected chi connectivity index (χ3v) is 5.33. The molecule has 1 fully saturated rings. The number of hydrogen-bond acceptors (Lipinski definition) is 6. The second-order valence-electron chi connectivity index (χ2n) is 7.02. The van der Waals surface area contributed by atoms with E-state index < -0.39 is 17.2 Å². The zero-order valence-electron chi connectivity index (χ0n) is 15.6. The maximum atomic E-state index is 12.4. The fourth-order valence-electron chi connectivity index (χ4n) is 3.70. The van der Waals surface area contributed by atoms with Crippen molar-refractivity contribution in [3.8, 4) is 0 Å². The van der Waals surface area contributed by atoms with Crippen molar-refractivity contribution in [2.45, 2.75) is 25.5 Å². The van der Waals surface area contributed by atoms with E-state index in [4.69, 9.17) is 4.74 Å². The van der Waals surface area contributed by atoms with Gasteiger partial charge in [-0.05, 0) is 31.0 Å². The van der Waals surface area contributed by atoms with Crippen LogP contribution in [-0.2, 0) is 30.2 Å². The number of anilines is 2. The van der Waals surface area contributed by atoms with Crippen molar-refractivity contribution in [3.63, 3.8) is 0 Å². The largest absolute Gasteiger partial charge is 0.456 e. The van der Waals surface area contributed by atoms with E-state index in [-0.39, 0.29) is 24.1 Å². The van der Waals surface area contributed by atoms with Gasteiger partial charge in [0.25, 0.3) is 5.56 Å². The predicted molar refractivity (Wildman–Crippen MR) is 101 cm³/mol. The molecule has 0 bridgehead atoms. The summed E-state index contributed by atoms with van der Waals surface area (Å²) in [6.07, 6.45) is 1.78. The van der Waals surface area contributed by atoms with E-state index >= 15 is 0 Å². The number of amides is 1. The molecule has 0 radical (unpaired) electrons. The number of esters is 1. The molecule has 2 aliphatic rings. The molecule has 146 valence electrons. The van der Waals surface area contributed by atoms with Crippen LogP contribution in [0.2, 0.25) is 0 Å². The van der Waals surface area contributed by atoms with Crippen LogP contribution in [0.15, 0.2) is 33.9 Å². The van der Waals surface area contributed by atoms with Crippen LogP contribution in [0.1, 0.15) is 28.9 Å². The van der Waals surface area contributed by atoms with Crippen molar-refractivity contribution in [2.24, 2.45) is 14.1 Å². The number of carbonyl (C=O) groups excluding carboxylic acids is 2. The molecule has 9 nitrogen and oxygen atoms in total. The maximum absolute atomic E-state index is 12.4. The molecular weight excluding hydrogens is 364 g/mol. The van der Waals surface area contributed by atoms with Crippen LogP contribution in [-0.4, -0.2) is 33.6 Å². The smallest absolute Gasteiger partial charge is 0.338 e. The lowest BCUT2D eigenvalue weighted by Gasteiger charge is -2.33. The summed E-state index contributed by atoms with van der Waals surface area (Å²) in [5, 5.41) is 2.85. The van der Waals surface area contributed by atoms with Crippen LogP contribution in [0.5, 0.6) is 0 Å². The number of rotatable bonds is 3. The minimum atomic E-state index is -0.603. The van der Waals surface area contributed by atoms with Crippen LogP contribution in [0.4, 0.5) is 11.4 Å². The average molecular weight is 384 g/mol. The van der Waals surface area contributed by atoms with Crippen molar-refractivity contribution in [2.75, 3.05) is 16.8 Å². The van der Waals surface area contributed by atoms with Gasteiger partial charge >= 0.3 is 11.7 Å². The average Bonchev–Trinajstić information content (AvgIpc) is 3.18. The lowest BCUT2D eigenvalue weighted by atomic mass is 10.1. The molecule has 1 atom stereocenters. The van der Waals surface area contributed by atoms with Gasteiger partial charge in [0.15, 0.2) is 0 Å². The number of nitrogens with zero attached hydrogens (tertiary/aromatic N) is 3. The van der Waals surface area contributed by atoms with E-state index in [1.807, 2.05) is 0 Å². The van der Waals surface area contributed by atoms with Crippen LogP contribution >= 0.6 is 0 Å². The minimum absolute atomic E-state index is 0.0642. The molecule has 1 N–H and O–H groups in total. The summed E-state index contributed by atoms with van der Waals surface area (Å²) in [7, 11) is 2.89. The Morgan fingerprint density at radius 2 is 1.96 bits per heavy atom. The summed E-state index contributed by atoms with van der Waals surface area (Å²) < 4.78 is 7.51. The Morgan fingerprint density at radius 1 is 1.18 bits per heavy atom. The highest BCUT2D eigenvalue weighted by molar-refractivity contribution is 6.05. The minimum Gasteiger partial charge on any atom is -0.456 e. The molecule has 9 heteroatoms. The Balaban J connectivity index is 1.54. The van der Waals surface area contributed by atoms with Gasteiger partial charge in [0.2, 0.25) is 5.91 Å². The highest BCUT2D eigenvalue weighted by atomic mass is 16.5. The van der Waals surface area contributed by atoms with Crippen molar-refractivity contribution >= 4 is 23.3 Å². The van der Waals surface area contributed by atoms with Crippen molar-refractivity contribution in [3.05, 3.63) is 56.4 Å². The summed E-state index contributed by atoms with van der Waals surface area (Å²) in [6, 6.07) is 6.16. The van der Waals surface area contributed by atoms with Gasteiger partial charge in [0.05, 0.1) is 22.6 Å². The normalized spacial score (nSPS) is 17.7. The van der Waals surface area contributed by atoms with Crippen molar-refractivity contribution in [1.29, 1.82) is 0 Å². The van der Waals surface area contributed by atoms with Crippen LogP contribution in [0, 0.1) is 0 Å². The van der Waals surface area contributed by atoms with Gasteiger partial charge < -0.3 is 15.0 Å².